The Bertz CT molecular complexity index is 1040. The molecule has 5 nitrogen and oxygen atoms in total. The van der Waals surface area contributed by atoms with Crippen molar-refractivity contribution in [2.45, 2.75) is 43.5 Å². The zero-order valence-corrected chi connectivity index (χ0v) is 15.3. The number of H-pyrrole nitrogens is 1. The Balaban J connectivity index is 1.93. The molecule has 148 valence electrons. The molecule has 0 aliphatic heterocycles. The second-order valence-electron chi connectivity index (χ2n) is 7.94. The summed E-state index contributed by atoms with van der Waals surface area (Å²) in [6, 6.07) is 8.03. The van der Waals surface area contributed by atoms with E-state index in [1.54, 1.807) is 32.0 Å². The van der Waals surface area contributed by atoms with Gasteiger partial charge >= 0.3 is 6.18 Å². The van der Waals surface area contributed by atoms with E-state index in [9.17, 15) is 23.4 Å². The highest BCUT2D eigenvalue weighted by molar-refractivity contribution is 5.91. The number of aromatic amines is 1. The fraction of sp³-hybridized carbons (Fsp3) is 0.350. The predicted molar refractivity (Wildman–Crippen MR) is 99.2 cm³/mol. The maximum atomic E-state index is 14.1. The fourth-order valence-corrected chi connectivity index (χ4v) is 4.37. The van der Waals surface area contributed by atoms with Gasteiger partial charge in [0.15, 0.2) is 5.60 Å². The lowest BCUT2D eigenvalue weighted by molar-refractivity contribution is -0.275. The number of phenolic OH excluding ortho intramolecular Hbond substituents is 1. The van der Waals surface area contributed by atoms with E-state index >= 15 is 0 Å². The first-order chi connectivity index (χ1) is 13.0. The van der Waals surface area contributed by atoms with Crippen molar-refractivity contribution in [1.82, 2.24) is 10.2 Å². The van der Waals surface area contributed by atoms with E-state index in [1.807, 2.05) is 0 Å². The summed E-state index contributed by atoms with van der Waals surface area (Å²) in [6.07, 6.45) is -3.96. The molecule has 1 aliphatic carbocycles. The van der Waals surface area contributed by atoms with E-state index in [4.69, 9.17) is 0 Å². The number of aromatic nitrogens is 2. The van der Waals surface area contributed by atoms with Gasteiger partial charge in [0.05, 0.1) is 17.8 Å². The van der Waals surface area contributed by atoms with Crippen molar-refractivity contribution in [2.24, 2.45) is 0 Å². The van der Waals surface area contributed by atoms with E-state index in [0.717, 1.165) is 0 Å². The van der Waals surface area contributed by atoms with E-state index in [0.29, 0.717) is 22.2 Å². The minimum Gasteiger partial charge on any atom is -0.508 e. The summed E-state index contributed by atoms with van der Waals surface area (Å²) >= 11 is 0. The van der Waals surface area contributed by atoms with Crippen LogP contribution in [0, 0.1) is 0 Å². The number of rotatable bonds is 2. The largest absolute Gasteiger partial charge is 0.508 e. The van der Waals surface area contributed by atoms with E-state index in [2.05, 4.69) is 15.5 Å². The van der Waals surface area contributed by atoms with Gasteiger partial charge in [-0.15, -0.1) is 0 Å². The molecule has 2 unspecified atom stereocenters. The molecule has 0 spiro atoms. The highest BCUT2D eigenvalue weighted by Gasteiger charge is 2.64. The summed E-state index contributed by atoms with van der Waals surface area (Å²) in [7, 11) is 0. The maximum absolute atomic E-state index is 14.1. The topological polar surface area (TPSA) is 81.2 Å². The van der Waals surface area contributed by atoms with Gasteiger partial charge in [0, 0.05) is 16.6 Å². The molecule has 0 radical (unpaired) electrons. The Morgan fingerprint density at radius 2 is 1.89 bits per heavy atom. The predicted octanol–water partition coefficient (Wildman–Crippen LogP) is 4.40. The second-order valence-corrected chi connectivity index (χ2v) is 7.94. The average molecular weight is 391 g/mol. The molecule has 0 saturated carbocycles. The second kappa shape index (κ2) is 5.88. The van der Waals surface area contributed by atoms with Crippen molar-refractivity contribution in [3.05, 3.63) is 53.7 Å². The molecular weight excluding hydrogens is 371 g/mol. The first-order valence-corrected chi connectivity index (χ1v) is 8.85. The number of nitrogens with one attached hydrogen (secondary N) is 2. The number of aromatic hydroxyl groups is 1. The molecule has 0 bridgehead atoms. The molecule has 3 aromatic rings. The lowest BCUT2D eigenvalue weighted by Gasteiger charge is -2.49. The number of halogens is 3. The van der Waals surface area contributed by atoms with Crippen molar-refractivity contribution in [3.63, 3.8) is 0 Å². The van der Waals surface area contributed by atoms with E-state index in [-0.39, 0.29) is 11.3 Å². The molecule has 1 aromatic heterocycles. The number of benzene rings is 2. The SMILES string of the molecule is CC1(C)CC(O)(C(F)(F)F)C(Nc2cccc3[nH]ncc23)c2cccc(O)c21. The van der Waals surface area contributed by atoms with Crippen molar-refractivity contribution in [2.75, 3.05) is 5.32 Å². The maximum Gasteiger partial charge on any atom is 0.419 e. The van der Waals surface area contributed by atoms with Gasteiger partial charge in [0.1, 0.15) is 5.75 Å². The number of nitrogens with zero attached hydrogens (tertiary/aromatic N) is 1. The molecule has 4 rings (SSSR count). The summed E-state index contributed by atoms with van der Waals surface area (Å²) in [4.78, 5) is 0. The third-order valence-corrected chi connectivity index (χ3v) is 5.53. The Morgan fingerprint density at radius 3 is 2.61 bits per heavy atom. The number of anilines is 1. The minimum absolute atomic E-state index is 0.0833. The van der Waals surface area contributed by atoms with Crippen LogP contribution in [0.1, 0.15) is 37.4 Å². The van der Waals surface area contributed by atoms with Crippen LogP contribution in [-0.4, -0.2) is 32.2 Å². The van der Waals surface area contributed by atoms with Gasteiger partial charge < -0.3 is 15.5 Å². The quantitative estimate of drug-likeness (QED) is 0.522. The van der Waals surface area contributed by atoms with Gasteiger partial charge in [0.25, 0.3) is 0 Å². The number of hydrogen-bond acceptors (Lipinski definition) is 4. The normalized spacial score (nSPS) is 24.1. The van der Waals surface area contributed by atoms with Gasteiger partial charge in [-0.25, -0.2) is 0 Å². The van der Waals surface area contributed by atoms with E-state index < -0.39 is 29.7 Å². The van der Waals surface area contributed by atoms with Crippen molar-refractivity contribution in [1.29, 1.82) is 0 Å². The van der Waals surface area contributed by atoms with Gasteiger partial charge in [-0.3, -0.25) is 5.10 Å². The van der Waals surface area contributed by atoms with Crippen LogP contribution >= 0.6 is 0 Å². The molecule has 1 aliphatic rings. The zero-order chi connectivity index (χ0) is 20.3. The highest BCUT2D eigenvalue weighted by atomic mass is 19.4. The third kappa shape index (κ3) is 2.63. The highest BCUT2D eigenvalue weighted by Crippen LogP contribution is 2.56. The first kappa shape index (κ1) is 18.6. The third-order valence-electron chi connectivity index (χ3n) is 5.53. The number of alkyl halides is 3. The molecule has 8 heteroatoms. The molecule has 4 N–H and O–H groups in total. The summed E-state index contributed by atoms with van der Waals surface area (Å²) < 4.78 is 42.3. The Hall–Kier alpha value is -2.74. The van der Waals surface area contributed by atoms with Crippen molar-refractivity contribution >= 4 is 16.6 Å². The van der Waals surface area contributed by atoms with Crippen LogP contribution in [0.4, 0.5) is 18.9 Å². The van der Waals surface area contributed by atoms with Gasteiger partial charge in [-0.05, 0) is 35.6 Å². The minimum atomic E-state index is -4.88. The first-order valence-electron chi connectivity index (χ1n) is 8.85. The van der Waals surface area contributed by atoms with Gasteiger partial charge in [-0.1, -0.05) is 32.0 Å². The summed E-state index contributed by atoms with van der Waals surface area (Å²) in [5, 5.41) is 31.5. The number of fused-ring (bicyclic) bond motifs is 2. The molecule has 2 atom stereocenters. The standard InChI is InChI=1S/C20H20F3N3O2/c1-18(2)10-19(28,20(21,22)23)17(11-5-3-8-15(27)16(11)18)25-13-6-4-7-14-12(13)9-24-26-14/h3-9,17,25,27-28H,10H2,1-2H3,(H,24,26). The fourth-order valence-electron chi connectivity index (χ4n) is 4.37. The Kier molecular flexibility index (Phi) is 3.91. The molecule has 28 heavy (non-hydrogen) atoms. The van der Waals surface area contributed by atoms with Crippen LogP contribution in [-0.2, 0) is 5.41 Å². The molecule has 2 aromatic carbocycles. The van der Waals surface area contributed by atoms with Crippen LogP contribution in [0.2, 0.25) is 0 Å². The Morgan fingerprint density at radius 1 is 1.18 bits per heavy atom. The molecule has 1 heterocycles. The molecule has 0 fully saturated rings. The lowest BCUT2D eigenvalue weighted by Crippen LogP contribution is -2.58. The number of hydrogen-bond donors (Lipinski definition) is 4. The number of phenols is 1. The monoisotopic (exact) mass is 391 g/mol. The van der Waals surface area contributed by atoms with Gasteiger partial charge in [-0.2, -0.15) is 18.3 Å². The van der Waals surface area contributed by atoms with E-state index in [1.165, 1.54) is 24.4 Å². The van der Waals surface area contributed by atoms with Crippen molar-refractivity contribution < 1.29 is 23.4 Å². The van der Waals surface area contributed by atoms with Crippen LogP contribution in [0.15, 0.2) is 42.6 Å². The lowest BCUT2D eigenvalue weighted by atomic mass is 9.63. The number of aliphatic hydroxyl groups is 1. The summed E-state index contributed by atoms with van der Waals surface area (Å²) in [6.45, 7) is 3.19. The van der Waals surface area contributed by atoms with Crippen LogP contribution < -0.4 is 5.32 Å². The van der Waals surface area contributed by atoms with Crippen molar-refractivity contribution in [3.8, 4) is 5.75 Å². The molecular formula is C20H20F3N3O2. The van der Waals surface area contributed by atoms with Crippen LogP contribution in [0.5, 0.6) is 5.75 Å². The molecule has 0 saturated heterocycles. The summed E-state index contributed by atoms with van der Waals surface area (Å²) in [5.41, 5.74) is -2.41. The zero-order valence-electron chi connectivity index (χ0n) is 15.3. The Labute approximate surface area is 159 Å². The van der Waals surface area contributed by atoms with Crippen LogP contribution in [0.25, 0.3) is 10.9 Å². The summed E-state index contributed by atoms with van der Waals surface area (Å²) in [5.74, 6) is -0.0833. The smallest absolute Gasteiger partial charge is 0.419 e. The molecule has 0 amide bonds. The average Bonchev–Trinajstić information content (AvgIpc) is 3.06. The van der Waals surface area contributed by atoms with Crippen LogP contribution in [0.3, 0.4) is 0 Å². The van der Waals surface area contributed by atoms with Gasteiger partial charge in [0.2, 0.25) is 0 Å².